The molecule has 0 aliphatic carbocycles. The number of carbonyl (C=O) groups is 3. The second kappa shape index (κ2) is 6.75. The predicted octanol–water partition coefficient (Wildman–Crippen LogP) is 2.84. The first kappa shape index (κ1) is 18.4. The van der Waals surface area contributed by atoms with E-state index in [9.17, 15) is 14.4 Å². The van der Waals surface area contributed by atoms with Gasteiger partial charge in [-0.25, -0.2) is 4.79 Å². The zero-order valence-corrected chi connectivity index (χ0v) is 15.3. The van der Waals surface area contributed by atoms with Crippen LogP contribution >= 0.6 is 0 Å². The molecule has 0 saturated heterocycles. The summed E-state index contributed by atoms with van der Waals surface area (Å²) in [5, 5.41) is 11.9. The summed E-state index contributed by atoms with van der Waals surface area (Å²) in [5.41, 5.74) is 0.897. The highest BCUT2D eigenvalue weighted by Gasteiger charge is 2.41. The lowest BCUT2D eigenvalue weighted by Crippen LogP contribution is -2.54. The van der Waals surface area contributed by atoms with Crippen LogP contribution in [-0.2, 0) is 9.59 Å². The number of hydrogen-bond donors (Lipinski definition) is 2. The molecule has 7 heteroatoms. The molecule has 1 aliphatic rings. The first-order chi connectivity index (χ1) is 12.7. The maximum Gasteiger partial charge on any atom is 0.335 e. The van der Waals surface area contributed by atoms with E-state index < -0.39 is 11.6 Å². The van der Waals surface area contributed by atoms with E-state index in [2.05, 4.69) is 5.32 Å². The van der Waals surface area contributed by atoms with Crippen molar-refractivity contribution in [3.63, 3.8) is 0 Å². The van der Waals surface area contributed by atoms with Crippen LogP contribution in [0.2, 0.25) is 0 Å². The Morgan fingerprint density at radius 3 is 2.44 bits per heavy atom. The third-order valence-corrected chi connectivity index (χ3v) is 4.26. The van der Waals surface area contributed by atoms with Crippen LogP contribution in [-0.4, -0.2) is 35.0 Å². The molecule has 27 heavy (non-hydrogen) atoms. The number of aromatic carboxylic acids is 1. The summed E-state index contributed by atoms with van der Waals surface area (Å²) in [7, 11) is 0. The highest BCUT2D eigenvalue weighted by Crippen LogP contribution is 2.38. The van der Waals surface area contributed by atoms with Gasteiger partial charge in [0.2, 0.25) is 5.91 Å². The highest BCUT2D eigenvalue weighted by atomic mass is 16.5. The van der Waals surface area contributed by atoms with E-state index in [-0.39, 0.29) is 29.7 Å². The van der Waals surface area contributed by atoms with Gasteiger partial charge in [-0.15, -0.1) is 0 Å². The molecule has 7 nitrogen and oxygen atoms in total. The Morgan fingerprint density at radius 1 is 1.15 bits per heavy atom. The summed E-state index contributed by atoms with van der Waals surface area (Å²) in [6, 6.07) is 11.5. The number of nitrogens with zero attached hydrogens (tertiary/aromatic N) is 1. The molecule has 0 spiro atoms. The van der Waals surface area contributed by atoms with Crippen LogP contribution in [0, 0.1) is 6.92 Å². The van der Waals surface area contributed by atoms with Gasteiger partial charge in [0, 0.05) is 5.69 Å². The van der Waals surface area contributed by atoms with Gasteiger partial charge in [-0.1, -0.05) is 17.7 Å². The van der Waals surface area contributed by atoms with Crippen molar-refractivity contribution < 1.29 is 24.2 Å². The minimum Gasteiger partial charge on any atom is -0.478 e. The highest BCUT2D eigenvalue weighted by molar-refractivity contribution is 6.08. The molecule has 1 aliphatic heterocycles. The molecular weight excluding hydrogens is 348 g/mol. The number of rotatable bonds is 4. The van der Waals surface area contributed by atoms with Crippen molar-refractivity contribution >= 4 is 29.2 Å². The fraction of sp³-hybridized carbons (Fsp3) is 0.250. The average Bonchev–Trinajstić information content (AvgIpc) is 2.60. The van der Waals surface area contributed by atoms with Crippen LogP contribution in [0.3, 0.4) is 0 Å². The lowest BCUT2D eigenvalue weighted by atomic mass is 10.0. The second-order valence-corrected chi connectivity index (χ2v) is 6.91. The third-order valence-electron chi connectivity index (χ3n) is 4.26. The van der Waals surface area contributed by atoms with Crippen molar-refractivity contribution in [2.45, 2.75) is 26.4 Å². The van der Waals surface area contributed by atoms with Gasteiger partial charge in [-0.3, -0.25) is 14.5 Å². The lowest BCUT2D eigenvalue weighted by molar-refractivity contribution is -0.133. The number of nitrogens with one attached hydrogen (secondary N) is 1. The molecule has 0 fully saturated rings. The average molecular weight is 368 g/mol. The maximum atomic E-state index is 12.8. The molecule has 0 radical (unpaired) electrons. The van der Waals surface area contributed by atoms with E-state index in [1.165, 1.54) is 23.1 Å². The van der Waals surface area contributed by atoms with Gasteiger partial charge >= 0.3 is 5.97 Å². The Hall–Kier alpha value is -3.35. The Kier molecular flexibility index (Phi) is 4.61. The van der Waals surface area contributed by atoms with Crippen LogP contribution < -0.4 is 15.0 Å². The zero-order chi connectivity index (χ0) is 19.8. The normalized spacial score (nSPS) is 14.9. The smallest absolute Gasteiger partial charge is 0.335 e. The van der Waals surface area contributed by atoms with Gasteiger partial charge in [0.1, 0.15) is 12.3 Å². The molecule has 3 rings (SSSR count). The minimum atomic E-state index is -1.21. The molecule has 140 valence electrons. The molecule has 0 unspecified atom stereocenters. The van der Waals surface area contributed by atoms with Gasteiger partial charge < -0.3 is 15.2 Å². The van der Waals surface area contributed by atoms with Crippen LogP contribution in [0.25, 0.3) is 0 Å². The standard InChI is InChI=1S/C20H20N2O5/c1-12-4-7-14(8-5-12)21-17(23)11-22-15-9-6-13(18(24)25)10-16(15)27-20(2,3)19(22)26/h4-10H,11H2,1-3H3,(H,21,23)(H,24,25). The Balaban J connectivity index is 1.87. The number of benzene rings is 2. The van der Waals surface area contributed by atoms with E-state index in [1.807, 2.05) is 19.1 Å². The zero-order valence-electron chi connectivity index (χ0n) is 15.3. The van der Waals surface area contributed by atoms with Crippen molar-refractivity contribution in [2.24, 2.45) is 0 Å². The van der Waals surface area contributed by atoms with E-state index in [0.717, 1.165) is 5.56 Å². The SMILES string of the molecule is Cc1ccc(NC(=O)CN2C(=O)C(C)(C)Oc3cc(C(=O)O)ccc32)cc1. The fourth-order valence-corrected chi connectivity index (χ4v) is 2.84. The first-order valence-corrected chi connectivity index (χ1v) is 8.42. The van der Waals surface area contributed by atoms with E-state index >= 15 is 0 Å². The van der Waals surface area contributed by atoms with Crippen molar-refractivity contribution in [3.05, 3.63) is 53.6 Å². The Labute approximate surface area is 156 Å². The van der Waals surface area contributed by atoms with Gasteiger partial charge in [-0.2, -0.15) is 0 Å². The molecule has 2 aromatic rings. The number of carboxylic acid groups (broad SMARTS) is 1. The fourth-order valence-electron chi connectivity index (χ4n) is 2.84. The number of amides is 2. The Bertz CT molecular complexity index is 918. The Morgan fingerprint density at radius 2 is 1.81 bits per heavy atom. The number of carbonyl (C=O) groups excluding carboxylic acids is 2. The molecule has 0 saturated carbocycles. The summed E-state index contributed by atoms with van der Waals surface area (Å²) in [6.45, 7) is 4.90. The van der Waals surface area contributed by atoms with E-state index in [4.69, 9.17) is 9.84 Å². The summed E-state index contributed by atoms with van der Waals surface area (Å²) in [6.07, 6.45) is 0. The van der Waals surface area contributed by atoms with Crippen LogP contribution in [0.5, 0.6) is 5.75 Å². The van der Waals surface area contributed by atoms with Crippen LogP contribution in [0.15, 0.2) is 42.5 Å². The monoisotopic (exact) mass is 368 g/mol. The van der Waals surface area contributed by atoms with Crippen molar-refractivity contribution in [1.82, 2.24) is 0 Å². The predicted molar refractivity (Wildman–Crippen MR) is 100 cm³/mol. The summed E-state index contributed by atoms with van der Waals surface area (Å²) in [4.78, 5) is 37.7. The topological polar surface area (TPSA) is 95.9 Å². The number of anilines is 2. The molecular formula is C20H20N2O5. The van der Waals surface area contributed by atoms with Gasteiger partial charge in [-0.05, 0) is 51.1 Å². The van der Waals surface area contributed by atoms with Gasteiger partial charge in [0.05, 0.1) is 11.3 Å². The summed E-state index contributed by atoms with van der Waals surface area (Å²) in [5.74, 6) is -1.59. The lowest BCUT2D eigenvalue weighted by Gasteiger charge is -2.38. The number of carboxylic acids is 1. The molecule has 2 amide bonds. The first-order valence-electron chi connectivity index (χ1n) is 8.42. The number of aryl methyl sites for hydroxylation is 1. The van der Waals surface area contributed by atoms with Gasteiger partial charge in [0.25, 0.3) is 5.91 Å². The molecule has 0 bridgehead atoms. The summed E-state index contributed by atoms with van der Waals surface area (Å²) >= 11 is 0. The molecule has 2 aromatic carbocycles. The quantitative estimate of drug-likeness (QED) is 0.865. The largest absolute Gasteiger partial charge is 0.478 e. The minimum absolute atomic E-state index is 0.0444. The van der Waals surface area contributed by atoms with Gasteiger partial charge in [0.15, 0.2) is 5.60 Å². The molecule has 2 N–H and O–H groups in total. The third kappa shape index (κ3) is 3.76. The molecule has 1 heterocycles. The number of ether oxygens (including phenoxy) is 1. The number of fused-ring (bicyclic) bond motifs is 1. The maximum absolute atomic E-state index is 12.8. The van der Waals surface area contributed by atoms with Crippen molar-refractivity contribution in [2.75, 3.05) is 16.8 Å². The molecule has 0 aromatic heterocycles. The van der Waals surface area contributed by atoms with E-state index in [1.54, 1.807) is 26.0 Å². The van der Waals surface area contributed by atoms with Crippen molar-refractivity contribution in [3.8, 4) is 5.75 Å². The van der Waals surface area contributed by atoms with Crippen LogP contribution in [0.1, 0.15) is 29.8 Å². The second-order valence-electron chi connectivity index (χ2n) is 6.91. The summed E-state index contributed by atoms with van der Waals surface area (Å²) < 4.78 is 5.68. The molecule has 0 atom stereocenters. The van der Waals surface area contributed by atoms with E-state index in [0.29, 0.717) is 11.4 Å². The van der Waals surface area contributed by atoms with Crippen LogP contribution in [0.4, 0.5) is 11.4 Å². The number of hydrogen-bond acceptors (Lipinski definition) is 4. The van der Waals surface area contributed by atoms with Crippen molar-refractivity contribution in [1.29, 1.82) is 0 Å².